The van der Waals surface area contributed by atoms with E-state index >= 15 is 0 Å². The molecular weight excluding hydrogens is 354 g/mol. The lowest BCUT2D eigenvalue weighted by Crippen LogP contribution is -2.31. The number of hydrogen-bond donors (Lipinski definition) is 1. The van der Waals surface area contributed by atoms with Crippen LogP contribution in [-0.4, -0.2) is 36.4 Å². The topological polar surface area (TPSA) is 51.2 Å². The molecule has 1 N–H and O–H groups in total. The molecule has 2 heterocycles. The summed E-state index contributed by atoms with van der Waals surface area (Å²) in [7, 11) is 0. The molecule has 2 aliphatic rings. The van der Waals surface area contributed by atoms with Crippen LogP contribution in [0.2, 0.25) is 0 Å². The molecule has 28 heavy (non-hydrogen) atoms. The maximum absolute atomic E-state index is 10.2. The van der Waals surface area contributed by atoms with Crippen LogP contribution in [0.1, 0.15) is 43.0 Å². The zero-order valence-electron chi connectivity index (χ0n) is 16.7. The number of phenols is 1. The van der Waals surface area contributed by atoms with Gasteiger partial charge in [-0.15, -0.1) is 0 Å². The molecule has 0 radical (unpaired) electrons. The van der Waals surface area contributed by atoms with Gasteiger partial charge in [-0.1, -0.05) is 6.07 Å². The Hall–Kier alpha value is -2.82. The summed E-state index contributed by atoms with van der Waals surface area (Å²) in [6.07, 6.45) is 3.10. The van der Waals surface area contributed by atoms with E-state index in [-0.39, 0.29) is 5.75 Å². The number of fused-ring (bicyclic) bond motifs is 4. The number of ether oxygens (including phenoxy) is 3. The van der Waals surface area contributed by atoms with Crippen molar-refractivity contribution < 1.29 is 19.3 Å². The van der Waals surface area contributed by atoms with Crippen LogP contribution in [0.3, 0.4) is 0 Å². The van der Waals surface area contributed by atoms with Crippen LogP contribution >= 0.6 is 0 Å². The van der Waals surface area contributed by atoms with Crippen LogP contribution in [0.25, 0.3) is 11.8 Å². The second kappa shape index (κ2) is 7.66. The highest BCUT2D eigenvalue weighted by Gasteiger charge is 2.29. The first-order chi connectivity index (χ1) is 13.7. The monoisotopic (exact) mass is 381 g/mol. The number of benzene rings is 2. The van der Waals surface area contributed by atoms with Crippen molar-refractivity contribution in [1.29, 1.82) is 0 Å². The van der Waals surface area contributed by atoms with Gasteiger partial charge in [-0.2, -0.15) is 0 Å². The first-order valence-corrected chi connectivity index (χ1v) is 10.0. The van der Waals surface area contributed by atoms with E-state index in [2.05, 4.69) is 17.0 Å². The fraction of sp³-hybridized carbons (Fsp3) is 0.391. The van der Waals surface area contributed by atoms with Crippen molar-refractivity contribution in [2.45, 2.75) is 33.7 Å². The molecule has 0 spiro atoms. The highest BCUT2D eigenvalue weighted by molar-refractivity contribution is 5.87. The summed E-state index contributed by atoms with van der Waals surface area (Å²) < 4.78 is 17.4. The molecule has 5 heteroatoms. The Morgan fingerprint density at radius 1 is 0.964 bits per heavy atom. The molecular formula is C23H27NO4. The second-order valence-electron chi connectivity index (χ2n) is 6.94. The molecule has 0 aromatic heterocycles. The smallest absolute Gasteiger partial charge is 0.166 e. The lowest BCUT2D eigenvalue weighted by molar-refractivity contribution is 0.279. The number of aromatic hydroxyl groups is 1. The Labute approximate surface area is 166 Å². The van der Waals surface area contributed by atoms with Crippen molar-refractivity contribution in [2.24, 2.45) is 0 Å². The first kappa shape index (κ1) is 18.5. The summed E-state index contributed by atoms with van der Waals surface area (Å²) in [6, 6.07) is 7.91. The van der Waals surface area contributed by atoms with Gasteiger partial charge in [-0.05, 0) is 62.6 Å². The third-order valence-corrected chi connectivity index (χ3v) is 5.24. The summed E-state index contributed by atoms with van der Waals surface area (Å²) in [5.74, 6) is 2.41. The Bertz CT molecular complexity index is 919. The molecule has 0 amide bonds. The van der Waals surface area contributed by atoms with E-state index in [1.807, 2.05) is 39.0 Å². The van der Waals surface area contributed by atoms with Gasteiger partial charge in [0.15, 0.2) is 23.0 Å². The number of nitrogens with zero attached hydrogens (tertiary/aromatic N) is 1. The molecule has 0 saturated heterocycles. The van der Waals surface area contributed by atoms with E-state index in [4.69, 9.17) is 14.2 Å². The molecule has 0 bridgehead atoms. The molecule has 2 aromatic carbocycles. The van der Waals surface area contributed by atoms with E-state index in [9.17, 15) is 5.11 Å². The normalized spacial score (nSPS) is 14.5. The van der Waals surface area contributed by atoms with Crippen molar-refractivity contribution in [3.63, 3.8) is 0 Å². The molecule has 5 nitrogen and oxygen atoms in total. The minimum Gasteiger partial charge on any atom is -0.504 e. The van der Waals surface area contributed by atoms with Gasteiger partial charge in [-0.25, -0.2) is 0 Å². The highest BCUT2D eigenvalue weighted by atomic mass is 16.5. The quantitative estimate of drug-likeness (QED) is 0.801. The van der Waals surface area contributed by atoms with Gasteiger partial charge in [0.2, 0.25) is 0 Å². The average molecular weight is 381 g/mol. The zero-order valence-corrected chi connectivity index (χ0v) is 16.7. The van der Waals surface area contributed by atoms with Crippen LogP contribution in [-0.2, 0) is 13.0 Å². The van der Waals surface area contributed by atoms with Crippen molar-refractivity contribution in [3.05, 3.63) is 46.5 Å². The molecule has 0 atom stereocenters. The molecule has 2 aromatic rings. The van der Waals surface area contributed by atoms with Crippen molar-refractivity contribution in [3.8, 4) is 23.0 Å². The zero-order chi connectivity index (χ0) is 19.7. The maximum Gasteiger partial charge on any atom is 0.166 e. The fourth-order valence-electron chi connectivity index (χ4n) is 4.04. The molecule has 148 valence electrons. The molecule has 4 rings (SSSR count). The van der Waals surface area contributed by atoms with Crippen molar-refractivity contribution in [2.75, 3.05) is 26.4 Å². The van der Waals surface area contributed by atoms with Crippen LogP contribution in [0, 0.1) is 0 Å². The lowest BCUT2D eigenvalue weighted by atomic mass is 9.90. The van der Waals surface area contributed by atoms with E-state index < -0.39 is 0 Å². The van der Waals surface area contributed by atoms with Crippen LogP contribution in [0.5, 0.6) is 23.0 Å². The number of rotatable bonds is 6. The lowest BCUT2D eigenvalue weighted by Gasteiger charge is -2.37. The highest BCUT2D eigenvalue weighted by Crippen LogP contribution is 2.44. The Kier molecular flexibility index (Phi) is 5.07. The molecule has 0 aliphatic carbocycles. The summed E-state index contributed by atoms with van der Waals surface area (Å²) >= 11 is 0. The number of phenolic OH excluding ortho intramolecular Hbond substituents is 1. The molecule has 0 saturated carbocycles. The first-order valence-electron chi connectivity index (χ1n) is 10.0. The van der Waals surface area contributed by atoms with Crippen molar-refractivity contribution >= 4 is 11.8 Å². The third-order valence-electron chi connectivity index (χ3n) is 5.24. The maximum atomic E-state index is 10.2. The summed E-state index contributed by atoms with van der Waals surface area (Å²) in [5, 5.41) is 10.2. The van der Waals surface area contributed by atoms with Gasteiger partial charge < -0.3 is 24.2 Å². The van der Waals surface area contributed by atoms with E-state index in [0.717, 1.165) is 47.7 Å². The Morgan fingerprint density at radius 2 is 1.71 bits per heavy atom. The molecule has 2 aliphatic heterocycles. The van der Waals surface area contributed by atoms with Gasteiger partial charge in [0, 0.05) is 29.9 Å². The van der Waals surface area contributed by atoms with Crippen LogP contribution < -0.4 is 14.2 Å². The average Bonchev–Trinajstić information content (AvgIpc) is 2.69. The van der Waals surface area contributed by atoms with E-state index in [1.165, 1.54) is 11.3 Å². The van der Waals surface area contributed by atoms with Gasteiger partial charge in [0.05, 0.1) is 19.8 Å². The van der Waals surface area contributed by atoms with Crippen molar-refractivity contribution in [1.82, 2.24) is 4.90 Å². The molecule has 0 fully saturated rings. The summed E-state index contributed by atoms with van der Waals surface area (Å²) in [6.45, 7) is 9.33. The van der Waals surface area contributed by atoms with Gasteiger partial charge >= 0.3 is 0 Å². The predicted molar refractivity (Wildman–Crippen MR) is 110 cm³/mol. The van der Waals surface area contributed by atoms with Gasteiger partial charge in [0.25, 0.3) is 0 Å². The predicted octanol–water partition coefficient (Wildman–Crippen LogP) is 4.46. The Balaban J connectivity index is 1.81. The van der Waals surface area contributed by atoms with E-state index in [0.29, 0.717) is 25.6 Å². The van der Waals surface area contributed by atoms with Gasteiger partial charge in [-0.3, -0.25) is 0 Å². The molecule has 0 unspecified atom stereocenters. The second-order valence-corrected chi connectivity index (χ2v) is 6.94. The SMILES string of the molecule is CCOc1cc2c(cc1O)CCN1Cc3c(ccc(OCC)c3OCC)C=C21. The third kappa shape index (κ3) is 3.15. The standard InChI is InChI=1S/C23H27NO4/c1-4-26-21-8-7-15-11-19-17-13-22(27-5-2)20(25)12-16(17)9-10-24(19)14-18(15)23(21)28-6-3/h7-8,11-13,25H,4-6,9-10,14H2,1-3H3. The van der Waals surface area contributed by atoms with E-state index in [1.54, 1.807) is 0 Å². The largest absolute Gasteiger partial charge is 0.504 e. The number of hydrogen-bond acceptors (Lipinski definition) is 5. The van der Waals surface area contributed by atoms with Crippen LogP contribution in [0.4, 0.5) is 0 Å². The summed E-state index contributed by atoms with van der Waals surface area (Å²) in [5.41, 5.74) is 5.77. The summed E-state index contributed by atoms with van der Waals surface area (Å²) in [4.78, 5) is 2.37. The van der Waals surface area contributed by atoms with Crippen LogP contribution in [0.15, 0.2) is 24.3 Å². The minimum absolute atomic E-state index is 0.214. The van der Waals surface area contributed by atoms with Gasteiger partial charge in [0.1, 0.15) is 0 Å². The minimum atomic E-state index is 0.214. The Morgan fingerprint density at radius 3 is 2.46 bits per heavy atom. The fourth-order valence-corrected chi connectivity index (χ4v) is 4.04.